The van der Waals surface area contributed by atoms with E-state index in [2.05, 4.69) is 216 Å². The van der Waals surface area contributed by atoms with Gasteiger partial charge in [0.2, 0.25) is 20.1 Å². The zero-order valence-electron chi connectivity index (χ0n) is 41.9. The molecule has 0 atom stereocenters. The SMILES string of the molecule is Cc1cc(C)c(B(c2c(C)cc(C)cc2C)c2c(C)cc(C)c(B(c3ccccc3)c3c(C)cc(C)c(B(c4c(C)cc(C)cc4C)c4c(C)cc(C)cc4C)c3C)c2C)c(C)c1. The Bertz CT molecular complexity index is 2540. The lowest BCUT2D eigenvalue weighted by Gasteiger charge is -2.33. The molecule has 0 aliphatic rings. The zero-order valence-corrected chi connectivity index (χ0v) is 41.9. The van der Waals surface area contributed by atoms with Crippen LogP contribution in [0.5, 0.6) is 0 Å². The molecule has 0 aliphatic carbocycles. The Balaban J connectivity index is 1.61. The van der Waals surface area contributed by atoms with Crippen molar-refractivity contribution in [2.75, 3.05) is 0 Å². The van der Waals surface area contributed by atoms with E-state index in [-0.39, 0.29) is 20.1 Å². The first-order valence-electron chi connectivity index (χ1n) is 23.3. The summed E-state index contributed by atoms with van der Waals surface area (Å²) in [5.41, 5.74) is 37.2. The van der Waals surface area contributed by atoms with Gasteiger partial charge in [-0.2, -0.15) is 0 Å². The van der Waals surface area contributed by atoms with Crippen LogP contribution in [-0.2, 0) is 0 Å². The van der Waals surface area contributed by atoms with Gasteiger partial charge in [0.15, 0.2) is 0 Å². The fourth-order valence-electron chi connectivity index (χ4n) is 12.8. The van der Waals surface area contributed by atoms with E-state index < -0.39 is 0 Å². The van der Waals surface area contributed by atoms with E-state index in [0.29, 0.717) is 0 Å². The molecular formula is C60H69B3. The van der Waals surface area contributed by atoms with Gasteiger partial charge >= 0.3 is 0 Å². The molecule has 0 nitrogen and oxygen atoms in total. The van der Waals surface area contributed by atoms with Gasteiger partial charge in [-0.1, -0.05) is 240 Å². The summed E-state index contributed by atoms with van der Waals surface area (Å²) in [6.45, 7) is 42.2. The molecule has 63 heavy (non-hydrogen) atoms. The number of aryl methyl sites for hydroxylation is 16. The highest BCUT2D eigenvalue weighted by molar-refractivity contribution is 7.01. The Hall–Kier alpha value is -5.27. The molecule has 7 rings (SSSR count). The second kappa shape index (κ2) is 17.7. The van der Waals surface area contributed by atoms with E-state index in [1.807, 2.05) is 0 Å². The van der Waals surface area contributed by atoms with Gasteiger partial charge in [0, 0.05) is 0 Å². The van der Waals surface area contributed by atoms with Crippen molar-refractivity contribution < 1.29 is 0 Å². The number of benzene rings is 7. The minimum Gasteiger partial charge on any atom is -0.0686 e. The Morgan fingerprint density at radius 2 is 0.429 bits per heavy atom. The second-order valence-electron chi connectivity index (χ2n) is 19.9. The van der Waals surface area contributed by atoms with Crippen LogP contribution < -0.4 is 49.2 Å². The van der Waals surface area contributed by atoms with Crippen LogP contribution in [0.15, 0.2) is 91.0 Å². The van der Waals surface area contributed by atoms with E-state index in [1.54, 1.807) is 0 Å². The monoisotopic (exact) mass is 823 g/mol. The van der Waals surface area contributed by atoms with Crippen molar-refractivity contribution in [1.29, 1.82) is 0 Å². The van der Waals surface area contributed by atoms with Crippen molar-refractivity contribution in [3.8, 4) is 0 Å². The summed E-state index contributed by atoms with van der Waals surface area (Å²) in [7, 11) is 0. The molecule has 0 amide bonds. The van der Waals surface area contributed by atoms with Gasteiger partial charge in [0.25, 0.3) is 0 Å². The van der Waals surface area contributed by atoms with Gasteiger partial charge in [0.05, 0.1) is 0 Å². The Morgan fingerprint density at radius 1 is 0.222 bits per heavy atom. The fourth-order valence-corrected chi connectivity index (χ4v) is 12.8. The molecule has 0 spiro atoms. The average molecular weight is 823 g/mol. The van der Waals surface area contributed by atoms with E-state index in [1.165, 1.54) is 149 Å². The van der Waals surface area contributed by atoms with Crippen LogP contribution in [0.1, 0.15) is 100 Å². The van der Waals surface area contributed by atoms with Crippen molar-refractivity contribution in [3.63, 3.8) is 0 Å². The highest BCUT2D eigenvalue weighted by Gasteiger charge is 2.38. The summed E-state index contributed by atoms with van der Waals surface area (Å²) >= 11 is 0. The molecule has 318 valence electrons. The molecule has 0 bridgehead atoms. The predicted octanol–water partition coefficient (Wildman–Crippen LogP) is 8.79. The predicted molar refractivity (Wildman–Crippen MR) is 284 cm³/mol. The first-order valence-corrected chi connectivity index (χ1v) is 23.3. The zero-order chi connectivity index (χ0) is 45.9. The first-order chi connectivity index (χ1) is 29.7. The van der Waals surface area contributed by atoms with Gasteiger partial charge in [-0.25, -0.2) is 0 Å². The molecule has 3 heteroatoms. The smallest absolute Gasteiger partial charge is 0.0686 e. The molecule has 7 aromatic carbocycles. The highest BCUT2D eigenvalue weighted by Crippen LogP contribution is 2.20. The van der Waals surface area contributed by atoms with E-state index in [9.17, 15) is 0 Å². The molecule has 7 aromatic rings. The summed E-state index contributed by atoms with van der Waals surface area (Å²) in [6.07, 6.45) is 0. The van der Waals surface area contributed by atoms with Gasteiger partial charge in [0.1, 0.15) is 0 Å². The summed E-state index contributed by atoms with van der Waals surface area (Å²) in [5.74, 6) is 0. The third-order valence-corrected chi connectivity index (χ3v) is 14.6. The quantitative estimate of drug-likeness (QED) is 0.128. The van der Waals surface area contributed by atoms with Crippen molar-refractivity contribution in [1.82, 2.24) is 0 Å². The van der Waals surface area contributed by atoms with Crippen molar-refractivity contribution >= 4 is 69.3 Å². The molecule has 0 radical (unpaired) electrons. The maximum absolute atomic E-state index is 2.51. The molecule has 0 fully saturated rings. The lowest BCUT2D eigenvalue weighted by molar-refractivity contribution is 1.33. The Morgan fingerprint density at radius 3 is 0.667 bits per heavy atom. The minimum absolute atomic E-state index is 0.0204. The Labute approximate surface area is 383 Å². The summed E-state index contributed by atoms with van der Waals surface area (Å²) in [6, 6.07) is 35.6. The first kappa shape index (κ1) is 45.7. The van der Waals surface area contributed by atoms with Gasteiger partial charge in [-0.3, -0.25) is 0 Å². The van der Waals surface area contributed by atoms with Gasteiger partial charge in [-0.15, -0.1) is 0 Å². The number of hydrogen-bond acceptors (Lipinski definition) is 0. The molecule has 0 heterocycles. The van der Waals surface area contributed by atoms with E-state index in [4.69, 9.17) is 0 Å². The van der Waals surface area contributed by atoms with Crippen LogP contribution in [0.3, 0.4) is 0 Å². The van der Waals surface area contributed by atoms with Crippen molar-refractivity contribution in [2.24, 2.45) is 0 Å². The lowest BCUT2D eigenvalue weighted by atomic mass is 9.28. The molecule has 0 aliphatic heterocycles. The molecule has 0 unspecified atom stereocenters. The maximum Gasteiger partial charge on any atom is 0.243 e. The standard InChI is InChI=1S/C60H69B3/c1-34-24-38(5)53(39(6)25-34)62(54-40(7)26-35(2)27-41(54)8)59-48(15)32-46(13)57(50(59)17)61(52-22-20-19-21-23-52)58-47(14)33-49(16)60(51(58)18)63(55-42(9)28-36(3)29-43(55)10)56-44(11)30-37(4)31-45(56)12/h19-33H,1-18H3. The lowest BCUT2D eigenvalue weighted by Crippen LogP contribution is -2.63. The van der Waals surface area contributed by atoms with Crippen LogP contribution >= 0.6 is 0 Å². The third kappa shape index (κ3) is 8.34. The van der Waals surface area contributed by atoms with Gasteiger partial charge in [-0.05, 0) is 125 Å². The largest absolute Gasteiger partial charge is 0.243 e. The van der Waals surface area contributed by atoms with E-state index in [0.717, 1.165) is 0 Å². The molecule has 0 N–H and O–H groups in total. The number of rotatable bonds is 9. The highest BCUT2D eigenvalue weighted by atomic mass is 14.2. The minimum atomic E-state index is 0.0204. The van der Waals surface area contributed by atoms with Crippen molar-refractivity contribution in [3.05, 3.63) is 191 Å². The normalized spacial score (nSPS) is 11.3. The second-order valence-corrected chi connectivity index (χ2v) is 19.9. The van der Waals surface area contributed by atoms with Crippen LogP contribution in [-0.4, -0.2) is 20.1 Å². The molecular weight excluding hydrogens is 753 g/mol. The summed E-state index contributed by atoms with van der Waals surface area (Å²) in [4.78, 5) is 0. The Kier molecular flexibility index (Phi) is 12.9. The fraction of sp³-hybridized carbons (Fsp3) is 0.300. The van der Waals surface area contributed by atoms with Crippen LogP contribution in [0.25, 0.3) is 0 Å². The van der Waals surface area contributed by atoms with Crippen LogP contribution in [0.2, 0.25) is 0 Å². The molecule has 0 saturated carbocycles. The summed E-state index contributed by atoms with van der Waals surface area (Å²) < 4.78 is 0. The summed E-state index contributed by atoms with van der Waals surface area (Å²) in [5, 5.41) is 0. The maximum atomic E-state index is 2.51. The van der Waals surface area contributed by atoms with Crippen LogP contribution in [0.4, 0.5) is 0 Å². The third-order valence-electron chi connectivity index (χ3n) is 14.6. The van der Waals surface area contributed by atoms with Crippen LogP contribution in [0, 0.1) is 125 Å². The van der Waals surface area contributed by atoms with E-state index >= 15 is 0 Å². The average Bonchev–Trinajstić information content (AvgIpc) is 3.15. The number of hydrogen-bond donors (Lipinski definition) is 0. The molecule has 0 saturated heterocycles. The molecule has 0 aromatic heterocycles. The van der Waals surface area contributed by atoms with Crippen molar-refractivity contribution in [2.45, 2.75) is 125 Å². The van der Waals surface area contributed by atoms with Gasteiger partial charge < -0.3 is 0 Å². The topological polar surface area (TPSA) is 0 Å².